The van der Waals surface area contributed by atoms with Crippen LogP contribution >= 0.6 is 0 Å². The molecule has 0 atom stereocenters. The van der Waals surface area contributed by atoms with Gasteiger partial charge in [0.1, 0.15) is 0 Å². The van der Waals surface area contributed by atoms with E-state index < -0.39 is 8.07 Å². The molecule has 1 aliphatic rings. The van der Waals surface area contributed by atoms with Gasteiger partial charge in [0, 0.05) is 0 Å². The fourth-order valence-electron chi connectivity index (χ4n) is 2.34. The lowest BCUT2D eigenvalue weighted by atomic mass is 10.0. The number of benzene rings is 1. The van der Waals surface area contributed by atoms with Crippen LogP contribution in [0.2, 0.25) is 19.6 Å². The lowest BCUT2D eigenvalue weighted by molar-refractivity contribution is 1.41. The first-order valence-corrected chi connectivity index (χ1v) is 9.46. The Morgan fingerprint density at radius 2 is 1.75 bits per heavy atom. The second-order valence-electron chi connectivity index (χ2n) is 5.56. The molecule has 0 heterocycles. The van der Waals surface area contributed by atoms with Gasteiger partial charge in [-0.25, -0.2) is 0 Å². The van der Waals surface area contributed by atoms with Gasteiger partial charge in [0.2, 0.25) is 0 Å². The Morgan fingerprint density at radius 3 is 2.31 bits per heavy atom. The van der Waals surface area contributed by atoms with Gasteiger partial charge in [0.25, 0.3) is 0 Å². The standard InChI is InChI=1S/C15H20Si/c1-12-8-7-10-13(12)14-9-5-6-11-15(14)16(2,3)4/h5-9,11H,10H2,1-4H3. The summed E-state index contributed by atoms with van der Waals surface area (Å²) < 4.78 is 0. The Labute approximate surface area is 99.7 Å². The molecule has 0 spiro atoms. The van der Waals surface area contributed by atoms with E-state index >= 15 is 0 Å². The van der Waals surface area contributed by atoms with E-state index in [-0.39, 0.29) is 0 Å². The first kappa shape index (κ1) is 11.4. The molecule has 0 bridgehead atoms. The van der Waals surface area contributed by atoms with Gasteiger partial charge in [0.05, 0.1) is 8.07 Å². The number of hydrogen-bond acceptors (Lipinski definition) is 0. The van der Waals surface area contributed by atoms with Crippen LogP contribution in [0.4, 0.5) is 0 Å². The van der Waals surface area contributed by atoms with Crippen LogP contribution in [0.1, 0.15) is 18.9 Å². The fourth-order valence-corrected chi connectivity index (χ4v) is 3.98. The molecule has 0 amide bonds. The van der Waals surface area contributed by atoms with Crippen molar-refractivity contribution in [3.8, 4) is 0 Å². The monoisotopic (exact) mass is 228 g/mol. The third-order valence-corrected chi connectivity index (χ3v) is 5.28. The molecule has 0 nitrogen and oxygen atoms in total. The third-order valence-electron chi connectivity index (χ3n) is 3.23. The van der Waals surface area contributed by atoms with Crippen molar-refractivity contribution >= 4 is 18.8 Å². The van der Waals surface area contributed by atoms with Crippen LogP contribution in [-0.2, 0) is 0 Å². The van der Waals surface area contributed by atoms with Crippen molar-refractivity contribution in [2.24, 2.45) is 0 Å². The van der Waals surface area contributed by atoms with Gasteiger partial charge in [-0.3, -0.25) is 0 Å². The van der Waals surface area contributed by atoms with Crippen LogP contribution in [0.3, 0.4) is 0 Å². The average Bonchev–Trinajstić information content (AvgIpc) is 2.63. The maximum atomic E-state index is 2.42. The van der Waals surface area contributed by atoms with Crippen LogP contribution in [0.25, 0.3) is 5.57 Å². The van der Waals surface area contributed by atoms with Crippen molar-refractivity contribution in [2.45, 2.75) is 33.0 Å². The van der Waals surface area contributed by atoms with Crippen molar-refractivity contribution in [1.29, 1.82) is 0 Å². The number of hydrogen-bond donors (Lipinski definition) is 0. The van der Waals surface area contributed by atoms with Gasteiger partial charge in [0.15, 0.2) is 0 Å². The van der Waals surface area contributed by atoms with Crippen molar-refractivity contribution < 1.29 is 0 Å². The van der Waals surface area contributed by atoms with Gasteiger partial charge >= 0.3 is 0 Å². The zero-order valence-corrected chi connectivity index (χ0v) is 11.7. The van der Waals surface area contributed by atoms with Gasteiger partial charge in [-0.2, -0.15) is 0 Å². The van der Waals surface area contributed by atoms with Crippen molar-refractivity contribution in [3.05, 3.63) is 47.6 Å². The lowest BCUT2D eigenvalue weighted by Gasteiger charge is -2.22. The molecule has 0 radical (unpaired) electrons. The van der Waals surface area contributed by atoms with E-state index in [0.29, 0.717) is 0 Å². The zero-order valence-electron chi connectivity index (χ0n) is 10.7. The smallest absolute Gasteiger partial charge is 0.0783 e. The molecule has 0 N–H and O–H groups in total. The minimum Gasteiger partial charge on any atom is -0.0798 e. The molecule has 0 saturated carbocycles. The van der Waals surface area contributed by atoms with Gasteiger partial charge in [-0.1, -0.05) is 61.2 Å². The predicted molar refractivity (Wildman–Crippen MR) is 75.8 cm³/mol. The maximum absolute atomic E-state index is 2.42. The van der Waals surface area contributed by atoms with Crippen molar-refractivity contribution in [2.75, 3.05) is 0 Å². The van der Waals surface area contributed by atoms with E-state index in [1.165, 1.54) is 16.7 Å². The minimum atomic E-state index is -1.24. The van der Waals surface area contributed by atoms with E-state index in [2.05, 4.69) is 63.0 Å². The SMILES string of the molecule is CC1=C(c2ccccc2[Si](C)(C)C)CC=C1. The normalized spacial score (nSPS) is 16.0. The quantitative estimate of drug-likeness (QED) is 0.672. The summed E-state index contributed by atoms with van der Waals surface area (Å²) >= 11 is 0. The van der Waals surface area contributed by atoms with Crippen LogP contribution in [0.15, 0.2) is 42.0 Å². The molecule has 0 saturated heterocycles. The molecule has 0 aliphatic heterocycles. The summed E-state index contributed by atoms with van der Waals surface area (Å²) in [6.07, 6.45) is 5.62. The van der Waals surface area contributed by atoms with Crippen LogP contribution in [0, 0.1) is 0 Å². The summed E-state index contributed by atoms with van der Waals surface area (Å²) in [5.41, 5.74) is 4.45. The highest BCUT2D eigenvalue weighted by molar-refractivity contribution is 6.89. The topological polar surface area (TPSA) is 0 Å². The Balaban J connectivity index is 2.54. The molecular weight excluding hydrogens is 208 g/mol. The summed E-state index contributed by atoms with van der Waals surface area (Å²) in [7, 11) is -1.24. The Hall–Kier alpha value is -1.08. The molecule has 16 heavy (non-hydrogen) atoms. The van der Waals surface area contributed by atoms with Crippen LogP contribution in [0.5, 0.6) is 0 Å². The summed E-state index contributed by atoms with van der Waals surface area (Å²) in [6.45, 7) is 9.48. The molecule has 1 aromatic carbocycles. The Bertz CT molecular complexity index is 459. The largest absolute Gasteiger partial charge is 0.0798 e. The lowest BCUT2D eigenvalue weighted by Crippen LogP contribution is -2.39. The first-order valence-electron chi connectivity index (χ1n) is 5.96. The highest BCUT2D eigenvalue weighted by Crippen LogP contribution is 2.28. The van der Waals surface area contributed by atoms with E-state index in [9.17, 15) is 0 Å². The van der Waals surface area contributed by atoms with Gasteiger partial charge in [-0.15, -0.1) is 0 Å². The van der Waals surface area contributed by atoms with Crippen molar-refractivity contribution in [3.63, 3.8) is 0 Å². The van der Waals surface area contributed by atoms with Gasteiger partial charge in [-0.05, 0) is 30.1 Å². The second-order valence-corrected chi connectivity index (χ2v) is 10.6. The Morgan fingerprint density at radius 1 is 1.06 bits per heavy atom. The molecular formula is C15H20Si. The average molecular weight is 228 g/mol. The predicted octanol–water partition coefficient (Wildman–Crippen LogP) is 3.97. The van der Waals surface area contributed by atoms with Crippen LogP contribution in [-0.4, -0.2) is 8.07 Å². The molecule has 1 aliphatic carbocycles. The number of rotatable bonds is 2. The van der Waals surface area contributed by atoms with Crippen molar-refractivity contribution in [1.82, 2.24) is 0 Å². The first-order chi connectivity index (χ1) is 7.50. The number of allylic oxidation sites excluding steroid dienone is 4. The summed E-state index contributed by atoms with van der Waals surface area (Å²) in [4.78, 5) is 0. The summed E-state index contributed by atoms with van der Waals surface area (Å²) in [5, 5.41) is 1.59. The molecule has 0 unspecified atom stereocenters. The summed E-state index contributed by atoms with van der Waals surface area (Å²) in [6, 6.07) is 8.95. The van der Waals surface area contributed by atoms with E-state index in [1.54, 1.807) is 5.19 Å². The Kier molecular flexibility index (Phi) is 2.89. The fraction of sp³-hybridized carbons (Fsp3) is 0.333. The summed E-state index contributed by atoms with van der Waals surface area (Å²) in [5.74, 6) is 0. The zero-order chi connectivity index (χ0) is 11.8. The molecule has 0 aromatic heterocycles. The molecule has 2 rings (SSSR count). The van der Waals surface area contributed by atoms with E-state index in [1.807, 2.05) is 0 Å². The third kappa shape index (κ3) is 2.05. The minimum absolute atomic E-state index is 1.10. The molecule has 1 aromatic rings. The molecule has 1 heteroatoms. The van der Waals surface area contributed by atoms with E-state index in [4.69, 9.17) is 0 Å². The van der Waals surface area contributed by atoms with Crippen LogP contribution < -0.4 is 5.19 Å². The second kappa shape index (κ2) is 4.06. The highest BCUT2D eigenvalue weighted by atomic mass is 28.3. The molecule has 84 valence electrons. The maximum Gasteiger partial charge on any atom is 0.0783 e. The highest BCUT2D eigenvalue weighted by Gasteiger charge is 2.22. The van der Waals surface area contributed by atoms with E-state index in [0.717, 1.165) is 6.42 Å². The molecule has 0 fully saturated rings. The van der Waals surface area contributed by atoms with Gasteiger partial charge < -0.3 is 0 Å².